The van der Waals surface area contributed by atoms with Gasteiger partial charge in [-0.3, -0.25) is 9.59 Å². The highest BCUT2D eigenvalue weighted by atomic mass is 35.5. The minimum absolute atomic E-state index is 0.0548. The van der Waals surface area contributed by atoms with E-state index in [1.54, 1.807) is 12.1 Å². The van der Waals surface area contributed by atoms with Crippen molar-refractivity contribution in [1.82, 2.24) is 4.90 Å². The van der Waals surface area contributed by atoms with Crippen LogP contribution in [0.15, 0.2) is 42.5 Å². The Labute approximate surface area is 198 Å². The molecular weight excluding hydrogens is 441 g/mol. The number of nitrogens with zero attached hydrogens (tertiary/aromatic N) is 1. The summed E-state index contributed by atoms with van der Waals surface area (Å²) in [6.07, 6.45) is 5.66. The average molecular weight is 470 g/mol. The van der Waals surface area contributed by atoms with Crippen LogP contribution in [0.1, 0.15) is 55.2 Å². The number of aryl methyl sites for hydroxylation is 1. The van der Waals surface area contributed by atoms with Crippen LogP contribution in [-0.2, 0) is 27.8 Å². The third-order valence-corrected chi connectivity index (χ3v) is 8.46. The topological polar surface area (TPSA) is 57.6 Å². The van der Waals surface area contributed by atoms with Gasteiger partial charge in [0.15, 0.2) is 0 Å². The van der Waals surface area contributed by atoms with Gasteiger partial charge >= 0.3 is 5.97 Å². The lowest BCUT2D eigenvalue weighted by Gasteiger charge is -2.44. The number of rotatable bonds is 4. The molecular formula is C27H29ClFNO3. The van der Waals surface area contributed by atoms with E-state index in [1.165, 1.54) is 17.2 Å². The number of hydrogen-bond acceptors (Lipinski definition) is 2. The van der Waals surface area contributed by atoms with Crippen molar-refractivity contribution >= 4 is 23.5 Å². The minimum Gasteiger partial charge on any atom is -0.481 e. The fourth-order valence-corrected chi connectivity index (χ4v) is 6.83. The normalized spacial score (nSPS) is 28.8. The molecule has 1 saturated carbocycles. The monoisotopic (exact) mass is 469 g/mol. The highest BCUT2D eigenvalue weighted by molar-refractivity contribution is 6.30. The number of benzene rings is 2. The maximum Gasteiger partial charge on any atom is 0.306 e. The molecule has 0 radical (unpaired) electrons. The SMILES string of the molecule is O=C(O)[C@H]1CC[C@H](C(=O)N2CCC3(Cc4cccc(F)c4)c4ccc(Cl)cc4CCC23)CC1. The first kappa shape index (κ1) is 22.4. The quantitative estimate of drug-likeness (QED) is 0.652. The molecule has 1 heterocycles. The van der Waals surface area contributed by atoms with Gasteiger partial charge in [0.2, 0.25) is 5.91 Å². The fourth-order valence-electron chi connectivity index (χ4n) is 6.63. The van der Waals surface area contributed by atoms with Gasteiger partial charge in [-0.1, -0.05) is 29.8 Å². The highest BCUT2D eigenvalue weighted by Gasteiger charge is 2.53. The van der Waals surface area contributed by atoms with Gasteiger partial charge in [0.05, 0.1) is 5.92 Å². The van der Waals surface area contributed by atoms with Crippen molar-refractivity contribution in [1.29, 1.82) is 0 Å². The van der Waals surface area contributed by atoms with E-state index >= 15 is 0 Å². The minimum atomic E-state index is -0.751. The third kappa shape index (κ3) is 4.05. The number of aliphatic carboxylic acids is 1. The van der Waals surface area contributed by atoms with Crippen molar-refractivity contribution in [2.45, 2.75) is 62.8 Å². The Balaban J connectivity index is 1.46. The molecule has 174 valence electrons. The molecule has 5 rings (SSSR count). The van der Waals surface area contributed by atoms with Gasteiger partial charge in [-0.15, -0.1) is 0 Å². The van der Waals surface area contributed by atoms with Crippen LogP contribution in [0.2, 0.25) is 5.02 Å². The molecule has 1 aliphatic heterocycles. The Morgan fingerprint density at radius 2 is 1.82 bits per heavy atom. The predicted molar refractivity (Wildman–Crippen MR) is 125 cm³/mol. The molecule has 6 heteroatoms. The van der Waals surface area contributed by atoms with Crippen LogP contribution in [0.4, 0.5) is 4.39 Å². The first-order chi connectivity index (χ1) is 15.9. The highest BCUT2D eigenvalue weighted by Crippen LogP contribution is 2.50. The molecule has 0 aromatic heterocycles. The van der Waals surface area contributed by atoms with Crippen LogP contribution in [0.5, 0.6) is 0 Å². The Morgan fingerprint density at radius 3 is 2.55 bits per heavy atom. The molecule has 0 bridgehead atoms. The maximum atomic E-state index is 14.0. The second-order valence-corrected chi connectivity index (χ2v) is 10.4. The van der Waals surface area contributed by atoms with Gasteiger partial charge in [-0.05, 0) is 92.3 Å². The molecule has 1 N–H and O–H groups in total. The molecule has 2 aromatic carbocycles. The Hall–Kier alpha value is -2.40. The van der Waals surface area contributed by atoms with Crippen molar-refractivity contribution in [3.05, 3.63) is 70.0 Å². The lowest BCUT2D eigenvalue weighted by Crippen LogP contribution is -2.50. The number of carbonyl (C=O) groups is 2. The largest absolute Gasteiger partial charge is 0.481 e. The molecule has 2 unspecified atom stereocenters. The van der Waals surface area contributed by atoms with E-state index in [1.807, 2.05) is 18.2 Å². The molecule has 2 fully saturated rings. The molecule has 2 atom stereocenters. The van der Waals surface area contributed by atoms with E-state index in [2.05, 4.69) is 11.0 Å². The summed E-state index contributed by atoms with van der Waals surface area (Å²) in [7, 11) is 0. The Kier molecular flexibility index (Phi) is 5.94. The molecule has 33 heavy (non-hydrogen) atoms. The van der Waals surface area contributed by atoms with E-state index in [4.69, 9.17) is 11.6 Å². The molecule has 2 aromatic rings. The summed E-state index contributed by atoms with van der Waals surface area (Å²) in [6, 6.07) is 12.9. The molecule has 2 aliphatic carbocycles. The number of carboxylic acid groups (broad SMARTS) is 1. The maximum absolute atomic E-state index is 14.0. The fraction of sp³-hybridized carbons (Fsp3) is 0.481. The Bertz CT molecular complexity index is 1080. The molecule has 0 spiro atoms. The lowest BCUT2D eigenvalue weighted by molar-refractivity contribution is -0.146. The predicted octanol–water partition coefficient (Wildman–Crippen LogP) is 5.40. The zero-order valence-corrected chi connectivity index (χ0v) is 19.4. The summed E-state index contributed by atoms with van der Waals surface area (Å²) in [5.41, 5.74) is 3.14. The van der Waals surface area contributed by atoms with Crippen molar-refractivity contribution in [3.8, 4) is 0 Å². The number of fused-ring (bicyclic) bond motifs is 3. The summed E-state index contributed by atoms with van der Waals surface area (Å²) >= 11 is 6.30. The zero-order valence-electron chi connectivity index (χ0n) is 18.6. The zero-order chi connectivity index (χ0) is 23.2. The number of hydrogen-bond donors (Lipinski definition) is 1. The number of likely N-dealkylation sites (tertiary alicyclic amines) is 1. The van der Waals surface area contributed by atoms with Gasteiger partial charge in [0.25, 0.3) is 0 Å². The van der Waals surface area contributed by atoms with Crippen LogP contribution in [0.3, 0.4) is 0 Å². The summed E-state index contributed by atoms with van der Waals surface area (Å²) in [6.45, 7) is 0.680. The summed E-state index contributed by atoms with van der Waals surface area (Å²) in [5.74, 6) is -1.25. The molecule has 1 amide bonds. The van der Waals surface area contributed by atoms with Gasteiger partial charge in [-0.2, -0.15) is 0 Å². The number of amides is 1. The van der Waals surface area contributed by atoms with Crippen molar-refractivity contribution in [2.75, 3.05) is 6.54 Å². The number of carboxylic acids is 1. The number of halogens is 2. The summed E-state index contributed by atoms with van der Waals surface area (Å²) in [4.78, 5) is 27.0. The van der Waals surface area contributed by atoms with Crippen LogP contribution in [0, 0.1) is 17.7 Å². The lowest BCUT2D eigenvalue weighted by atomic mass is 9.64. The molecule has 1 saturated heterocycles. The van der Waals surface area contributed by atoms with E-state index in [-0.39, 0.29) is 35.0 Å². The number of carbonyl (C=O) groups excluding carboxylic acids is 1. The molecule has 4 nitrogen and oxygen atoms in total. The molecule has 3 aliphatic rings. The van der Waals surface area contributed by atoms with Gasteiger partial charge in [-0.25, -0.2) is 4.39 Å². The second-order valence-electron chi connectivity index (χ2n) is 9.99. The summed E-state index contributed by atoms with van der Waals surface area (Å²) in [5, 5.41) is 10.0. The standard InChI is InChI=1S/C27H29ClFNO3/c28-21-9-10-23-20(15-21)8-11-24-27(23,16-17-2-1-3-22(29)14-17)12-13-30(24)25(31)18-4-6-19(7-5-18)26(32)33/h1-3,9-10,14-15,18-19,24H,4-8,11-13,16H2,(H,32,33)/t18-,19-,24?,27?. The van der Waals surface area contributed by atoms with E-state index < -0.39 is 5.97 Å². The third-order valence-electron chi connectivity index (χ3n) is 8.22. The second kappa shape index (κ2) is 8.75. The van der Waals surface area contributed by atoms with Crippen LogP contribution < -0.4 is 0 Å². The van der Waals surface area contributed by atoms with Crippen LogP contribution in [-0.4, -0.2) is 34.5 Å². The smallest absolute Gasteiger partial charge is 0.306 e. The van der Waals surface area contributed by atoms with Crippen LogP contribution in [0.25, 0.3) is 0 Å². The summed E-state index contributed by atoms with van der Waals surface area (Å²) < 4.78 is 14.0. The first-order valence-corrected chi connectivity index (χ1v) is 12.3. The van der Waals surface area contributed by atoms with Gasteiger partial charge < -0.3 is 10.0 Å². The van der Waals surface area contributed by atoms with E-state index in [0.717, 1.165) is 24.8 Å². The van der Waals surface area contributed by atoms with E-state index in [9.17, 15) is 19.1 Å². The van der Waals surface area contributed by atoms with Crippen LogP contribution >= 0.6 is 11.6 Å². The van der Waals surface area contributed by atoms with E-state index in [0.29, 0.717) is 43.7 Å². The van der Waals surface area contributed by atoms with Gasteiger partial charge in [0.1, 0.15) is 5.82 Å². The van der Waals surface area contributed by atoms with Crippen molar-refractivity contribution < 1.29 is 19.1 Å². The van der Waals surface area contributed by atoms with Crippen molar-refractivity contribution in [3.63, 3.8) is 0 Å². The Morgan fingerprint density at radius 1 is 1.06 bits per heavy atom. The first-order valence-electron chi connectivity index (χ1n) is 11.9. The van der Waals surface area contributed by atoms with Crippen molar-refractivity contribution in [2.24, 2.45) is 11.8 Å². The van der Waals surface area contributed by atoms with Gasteiger partial charge in [0, 0.05) is 28.9 Å². The average Bonchev–Trinajstić information content (AvgIpc) is 3.17.